The van der Waals surface area contributed by atoms with E-state index in [0.29, 0.717) is 0 Å². The number of para-hydroxylation sites is 3. The van der Waals surface area contributed by atoms with Gasteiger partial charge in [-0.05, 0) is 153 Å². The first kappa shape index (κ1) is 42.8. The summed E-state index contributed by atoms with van der Waals surface area (Å²) in [6.45, 7) is 6.63. The van der Waals surface area contributed by atoms with Crippen LogP contribution in [0.5, 0.6) is 0 Å². The van der Waals surface area contributed by atoms with Gasteiger partial charge in [-0.3, -0.25) is 4.98 Å². The molecule has 0 saturated carbocycles. The molecular formula is C70H51N3. The molecule has 0 fully saturated rings. The van der Waals surface area contributed by atoms with E-state index < -0.39 is 0 Å². The van der Waals surface area contributed by atoms with Crippen molar-refractivity contribution in [3.05, 3.63) is 265 Å². The fourth-order valence-corrected chi connectivity index (χ4v) is 12.6. The summed E-state index contributed by atoms with van der Waals surface area (Å²) in [6.07, 6.45) is 9.13. The van der Waals surface area contributed by atoms with Gasteiger partial charge in [0.15, 0.2) is 0 Å². The van der Waals surface area contributed by atoms with Crippen molar-refractivity contribution in [2.24, 2.45) is 0 Å². The van der Waals surface area contributed by atoms with Crippen LogP contribution in [0.3, 0.4) is 0 Å². The molecule has 1 aliphatic heterocycles. The van der Waals surface area contributed by atoms with E-state index in [1.54, 1.807) is 0 Å². The minimum absolute atomic E-state index is 0.177. The second-order valence-corrected chi connectivity index (χ2v) is 19.9. The average molecular weight is 934 g/mol. The number of pyridine rings is 1. The fourth-order valence-electron chi connectivity index (χ4n) is 12.6. The number of allylic oxidation sites excluding steroid dienone is 2. The third-order valence-electron chi connectivity index (χ3n) is 15.7. The standard InChI is InChI=1S/C70H51N3/c1-44-69(45(2)71-46(3)70(44)54-39-52(59-28-16-20-48-18-4-6-22-57(48)59)38-53(40-54)60-29-17-21-49-19-5-7-23-58(49)60)50-36-34-47(35-37-50)51-41-55(72-65-30-12-8-24-61(65)62-25-9-13-31-66(62)72)43-56(42-51)73-67-32-14-10-26-63(67)64-27-11-15-33-68(64)73/h4-43,61,65H,1-3H3. The van der Waals surface area contributed by atoms with Gasteiger partial charge >= 0.3 is 0 Å². The van der Waals surface area contributed by atoms with Crippen LogP contribution in [0.1, 0.15) is 28.4 Å². The zero-order valence-corrected chi connectivity index (χ0v) is 41.1. The lowest BCUT2D eigenvalue weighted by Crippen LogP contribution is -2.28. The van der Waals surface area contributed by atoms with Gasteiger partial charge < -0.3 is 9.47 Å². The molecule has 2 aromatic heterocycles. The van der Waals surface area contributed by atoms with Gasteiger partial charge in [-0.15, -0.1) is 0 Å². The maximum absolute atomic E-state index is 5.35. The summed E-state index contributed by atoms with van der Waals surface area (Å²) in [7, 11) is 0. The predicted molar refractivity (Wildman–Crippen MR) is 308 cm³/mol. The summed E-state index contributed by atoms with van der Waals surface area (Å²) >= 11 is 0. The Kier molecular flexibility index (Phi) is 10.0. The molecule has 0 amide bonds. The molecule has 0 spiro atoms. The number of hydrogen-bond donors (Lipinski definition) is 0. The van der Waals surface area contributed by atoms with Gasteiger partial charge in [0, 0.05) is 56.3 Å². The number of anilines is 2. The van der Waals surface area contributed by atoms with Crippen LogP contribution < -0.4 is 4.90 Å². The van der Waals surface area contributed by atoms with Gasteiger partial charge in [-0.25, -0.2) is 0 Å². The van der Waals surface area contributed by atoms with Crippen molar-refractivity contribution >= 4 is 54.7 Å². The normalized spacial score (nSPS) is 14.9. The number of hydrogen-bond acceptors (Lipinski definition) is 2. The molecule has 10 aromatic carbocycles. The lowest BCUT2D eigenvalue weighted by Gasteiger charge is -2.30. The van der Waals surface area contributed by atoms with Crippen molar-refractivity contribution < 1.29 is 0 Å². The van der Waals surface area contributed by atoms with E-state index in [4.69, 9.17) is 4.98 Å². The van der Waals surface area contributed by atoms with Crippen LogP contribution in [0.4, 0.5) is 11.4 Å². The summed E-state index contributed by atoms with van der Waals surface area (Å²) in [5, 5.41) is 7.46. The van der Waals surface area contributed by atoms with E-state index in [9.17, 15) is 0 Å². The van der Waals surface area contributed by atoms with E-state index in [-0.39, 0.29) is 12.0 Å². The number of rotatable bonds is 7. The summed E-state index contributed by atoms with van der Waals surface area (Å²) in [4.78, 5) is 7.91. The average Bonchev–Trinajstić information content (AvgIpc) is 3.96. The molecule has 0 saturated heterocycles. The molecule has 0 N–H and O–H groups in total. The topological polar surface area (TPSA) is 21.1 Å². The number of aryl methyl sites for hydroxylation is 2. The highest BCUT2D eigenvalue weighted by atomic mass is 15.2. The molecule has 2 unspecified atom stereocenters. The molecule has 0 radical (unpaired) electrons. The second-order valence-electron chi connectivity index (χ2n) is 19.9. The van der Waals surface area contributed by atoms with Crippen LogP contribution in [0.2, 0.25) is 0 Å². The number of nitrogens with zero attached hydrogens (tertiary/aromatic N) is 3. The van der Waals surface area contributed by atoms with Crippen LogP contribution >= 0.6 is 0 Å². The minimum Gasteiger partial charge on any atom is -0.333 e. The van der Waals surface area contributed by atoms with Crippen LogP contribution in [0.15, 0.2) is 243 Å². The van der Waals surface area contributed by atoms with Crippen LogP contribution in [0.25, 0.3) is 105 Å². The van der Waals surface area contributed by atoms with E-state index in [0.717, 1.165) is 33.8 Å². The molecular weight excluding hydrogens is 883 g/mol. The molecule has 12 aromatic rings. The van der Waals surface area contributed by atoms with Crippen molar-refractivity contribution in [2.75, 3.05) is 4.90 Å². The number of fused-ring (bicyclic) bond motifs is 8. The second kappa shape index (κ2) is 17.1. The molecule has 2 aliphatic rings. The Morgan fingerprint density at radius 2 is 0.890 bits per heavy atom. The lowest BCUT2D eigenvalue weighted by atomic mass is 9.86. The zero-order chi connectivity index (χ0) is 48.7. The third-order valence-corrected chi connectivity index (χ3v) is 15.7. The molecule has 1 aliphatic carbocycles. The van der Waals surface area contributed by atoms with Crippen molar-refractivity contribution in [1.82, 2.24) is 9.55 Å². The van der Waals surface area contributed by atoms with Crippen LogP contribution in [-0.4, -0.2) is 15.6 Å². The van der Waals surface area contributed by atoms with E-state index in [2.05, 4.69) is 273 Å². The molecule has 3 heterocycles. The Morgan fingerprint density at radius 1 is 0.384 bits per heavy atom. The van der Waals surface area contributed by atoms with Gasteiger partial charge in [0.1, 0.15) is 0 Å². The Morgan fingerprint density at radius 3 is 1.55 bits per heavy atom. The molecule has 73 heavy (non-hydrogen) atoms. The first-order chi connectivity index (χ1) is 35.9. The van der Waals surface area contributed by atoms with Gasteiger partial charge in [-0.1, -0.05) is 188 Å². The van der Waals surface area contributed by atoms with E-state index in [1.807, 2.05) is 0 Å². The third kappa shape index (κ3) is 6.99. The van der Waals surface area contributed by atoms with Crippen molar-refractivity contribution in [3.63, 3.8) is 0 Å². The Labute approximate surface area is 426 Å². The first-order valence-corrected chi connectivity index (χ1v) is 25.5. The molecule has 346 valence electrons. The van der Waals surface area contributed by atoms with Crippen molar-refractivity contribution in [1.29, 1.82) is 0 Å². The highest BCUT2D eigenvalue weighted by molar-refractivity contribution is 6.09. The first-order valence-electron chi connectivity index (χ1n) is 25.5. The van der Waals surface area contributed by atoms with Gasteiger partial charge in [0.25, 0.3) is 0 Å². The van der Waals surface area contributed by atoms with Gasteiger partial charge in [-0.2, -0.15) is 0 Å². The molecule has 2 atom stereocenters. The van der Waals surface area contributed by atoms with Crippen molar-refractivity contribution in [2.45, 2.75) is 32.7 Å². The van der Waals surface area contributed by atoms with Gasteiger partial charge in [0.05, 0.1) is 17.1 Å². The molecule has 14 rings (SSSR count). The minimum atomic E-state index is 0.177. The highest BCUT2D eigenvalue weighted by Crippen LogP contribution is 2.49. The molecule has 3 nitrogen and oxygen atoms in total. The predicted octanol–water partition coefficient (Wildman–Crippen LogP) is 18.5. The SMILES string of the molecule is Cc1nc(C)c(-c2cc(-c3cccc4ccccc34)cc(-c3cccc4ccccc34)c2)c(C)c1-c1ccc(-c2cc(N3c4ccccc4C4C=CC=CC43)cc(-n3c4ccccc4c4ccccc43)c2)cc1. The van der Waals surface area contributed by atoms with Gasteiger partial charge in [0.2, 0.25) is 0 Å². The Balaban J connectivity index is 0.922. The maximum atomic E-state index is 5.35. The highest BCUT2D eigenvalue weighted by Gasteiger charge is 2.37. The quantitative estimate of drug-likeness (QED) is 0.159. The summed E-state index contributed by atoms with van der Waals surface area (Å²) in [6, 6.07) is 81.1. The Bertz CT molecular complexity index is 4100. The van der Waals surface area contributed by atoms with E-state index >= 15 is 0 Å². The maximum Gasteiger partial charge on any atom is 0.0629 e. The molecule has 0 bridgehead atoms. The summed E-state index contributed by atoms with van der Waals surface area (Å²) in [5.74, 6) is 0.283. The van der Waals surface area contributed by atoms with Crippen LogP contribution in [-0.2, 0) is 0 Å². The fraction of sp³-hybridized carbons (Fsp3) is 0.0714. The summed E-state index contributed by atoms with van der Waals surface area (Å²) in [5.41, 5.74) is 22.4. The van der Waals surface area contributed by atoms with E-state index in [1.165, 1.54) is 105 Å². The monoisotopic (exact) mass is 933 g/mol. The van der Waals surface area contributed by atoms with Crippen molar-refractivity contribution in [3.8, 4) is 61.3 Å². The summed E-state index contributed by atoms with van der Waals surface area (Å²) < 4.78 is 2.45. The smallest absolute Gasteiger partial charge is 0.0629 e. The lowest BCUT2D eigenvalue weighted by molar-refractivity contribution is 0.744. The number of aromatic nitrogens is 2. The van der Waals surface area contributed by atoms with Crippen LogP contribution in [0, 0.1) is 20.8 Å². The molecule has 3 heteroatoms. The largest absolute Gasteiger partial charge is 0.333 e. The Hall–Kier alpha value is -9.05. The number of benzene rings is 10. The zero-order valence-electron chi connectivity index (χ0n) is 41.1.